The van der Waals surface area contributed by atoms with Crippen LogP contribution in [-0.2, 0) is 29.1 Å². The molecular formula is C28H31NO2S. The number of fused-ring (bicyclic) bond motifs is 1. The molecule has 1 saturated heterocycles. The van der Waals surface area contributed by atoms with Crippen molar-refractivity contribution in [3.63, 3.8) is 0 Å². The predicted molar refractivity (Wildman–Crippen MR) is 132 cm³/mol. The second-order valence-electron chi connectivity index (χ2n) is 8.91. The molecule has 0 saturated carbocycles. The van der Waals surface area contributed by atoms with Crippen molar-refractivity contribution in [2.45, 2.75) is 38.2 Å². The van der Waals surface area contributed by atoms with Gasteiger partial charge in [-0.2, -0.15) is 11.8 Å². The Balaban J connectivity index is 1.71. The van der Waals surface area contributed by atoms with Crippen molar-refractivity contribution in [3.8, 4) is 0 Å². The normalized spacial score (nSPS) is 25.6. The summed E-state index contributed by atoms with van der Waals surface area (Å²) in [5, 5.41) is 11.4. The van der Waals surface area contributed by atoms with Gasteiger partial charge in [0.15, 0.2) is 5.79 Å². The summed E-state index contributed by atoms with van der Waals surface area (Å²) in [5.41, 5.74) is 5.73. The first-order chi connectivity index (χ1) is 15.5. The lowest BCUT2D eigenvalue weighted by atomic mass is 9.77. The van der Waals surface area contributed by atoms with Gasteiger partial charge < -0.3 is 9.84 Å². The minimum Gasteiger partial charge on any atom is -0.362 e. The molecule has 32 heavy (non-hydrogen) atoms. The molecule has 4 heteroatoms. The third kappa shape index (κ3) is 3.69. The van der Waals surface area contributed by atoms with E-state index in [1.54, 1.807) is 6.92 Å². The highest BCUT2D eigenvalue weighted by Crippen LogP contribution is 2.53. The fraction of sp³-hybridized carbons (Fsp3) is 0.357. The van der Waals surface area contributed by atoms with Crippen molar-refractivity contribution in [1.82, 2.24) is 4.90 Å². The molecule has 2 heterocycles. The van der Waals surface area contributed by atoms with E-state index in [2.05, 4.69) is 66.4 Å². The second kappa shape index (κ2) is 8.68. The number of thioether (sulfide) groups is 1. The van der Waals surface area contributed by atoms with E-state index in [9.17, 15) is 5.11 Å². The zero-order valence-corrected chi connectivity index (χ0v) is 19.7. The highest BCUT2D eigenvalue weighted by molar-refractivity contribution is 7.99. The quantitative estimate of drug-likeness (QED) is 0.579. The third-order valence-electron chi connectivity index (χ3n) is 6.82. The molecule has 3 nitrogen and oxygen atoms in total. The van der Waals surface area contributed by atoms with Gasteiger partial charge in [0.1, 0.15) is 5.60 Å². The second-order valence-corrected chi connectivity index (χ2v) is 10.1. The van der Waals surface area contributed by atoms with Crippen LogP contribution in [0.3, 0.4) is 0 Å². The van der Waals surface area contributed by atoms with Gasteiger partial charge in [0, 0.05) is 42.3 Å². The number of aryl methyl sites for hydroxylation is 1. The number of hydrogen-bond donors (Lipinski definition) is 1. The Kier molecular flexibility index (Phi) is 5.89. The van der Waals surface area contributed by atoms with Crippen LogP contribution in [0.25, 0.3) is 0 Å². The fourth-order valence-electron chi connectivity index (χ4n) is 5.15. The highest BCUT2D eigenvalue weighted by atomic mass is 32.2. The third-order valence-corrected chi connectivity index (χ3v) is 7.76. The molecule has 0 radical (unpaired) electrons. The van der Waals surface area contributed by atoms with Crippen LogP contribution in [0.2, 0.25) is 0 Å². The summed E-state index contributed by atoms with van der Waals surface area (Å²) >= 11 is 2.03. The van der Waals surface area contributed by atoms with Gasteiger partial charge in [0.25, 0.3) is 0 Å². The maximum atomic E-state index is 11.4. The van der Waals surface area contributed by atoms with E-state index >= 15 is 0 Å². The average Bonchev–Trinajstić information content (AvgIpc) is 3.08. The van der Waals surface area contributed by atoms with Gasteiger partial charge in [-0.05, 0) is 35.6 Å². The molecule has 3 aromatic rings. The lowest BCUT2D eigenvalue weighted by Crippen LogP contribution is -2.36. The van der Waals surface area contributed by atoms with Crippen molar-refractivity contribution < 1.29 is 9.84 Å². The molecule has 1 N–H and O–H groups in total. The summed E-state index contributed by atoms with van der Waals surface area (Å²) in [6.45, 7) is 7.03. The molecule has 166 valence electrons. The van der Waals surface area contributed by atoms with Crippen LogP contribution in [0.1, 0.15) is 47.2 Å². The van der Waals surface area contributed by atoms with Crippen molar-refractivity contribution in [1.29, 1.82) is 0 Å². The van der Waals surface area contributed by atoms with Crippen LogP contribution in [-0.4, -0.2) is 34.6 Å². The smallest absolute Gasteiger partial charge is 0.191 e. The Labute approximate surface area is 195 Å². The van der Waals surface area contributed by atoms with Crippen LogP contribution in [0, 0.1) is 0 Å². The van der Waals surface area contributed by atoms with Gasteiger partial charge in [-0.1, -0.05) is 79.7 Å². The van der Waals surface area contributed by atoms with Gasteiger partial charge in [-0.15, -0.1) is 0 Å². The summed E-state index contributed by atoms with van der Waals surface area (Å²) < 4.78 is 6.72. The van der Waals surface area contributed by atoms with Crippen molar-refractivity contribution in [3.05, 3.63) is 106 Å². The number of aliphatic hydroxyl groups is 1. The van der Waals surface area contributed by atoms with Crippen LogP contribution in [0.5, 0.6) is 0 Å². The predicted octanol–water partition coefficient (Wildman–Crippen LogP) is 5.28. The summed E-state index contributed by atoms with van der Waals surface area (Å²) in [6, 6.07) is 25.4. The van der Waals surface area contributed by atoms with Crippen LogP contribution in [0.4, 0.5) is 0 Å². The zero-order valence-electron chi connectivity index (χ0n) is 18.9. The Morgan fingerprint density at radius 2 is 1.50 bits per heavy atom. The summed E-state index contributed by atoms with van der Waals surface area (Å²) in [5.74, 6) is 0.995. The molecule has 0 aromatic heterocycles. The Morgan fingerprint density at radius 1 is 0.875 bits per heavy atom. The zero-order chi connectivity index (χ0) is 22.2. The van der Waals surface area contributed by atoms with Gasteiger partial charge in [0.05, 0.1) is 0 Å². The van der Waals surface area contributed by atoms with E-state index < -0.39 is 11.4 Å². The maximum Gasteiger partial charge on any atom is 0.191 e. The lowest BCUT2D eigenvalue weighted by Gasteiger charge is -2.36. The number of nitrogens with zero attached hydrogens (tertiary/aromatic N) is 1. The summed E-state index contributed by atoms with van der Waals surface area (Å²) in [4.78, 5) is 2.53. The number of hydrogen-bond acceptors (Lipinski definition) is 4. The molecule has 3 aromatic carbocycles. The van der Waals surface area contributed by atoms with E-state index in [0.717, 1.165) is 48.3 Å². The Hall–Kier alpha value is -2.11. The standard InChI is InChI=1S/C28H31NO2S/c1-3-21-12-14-23(15-13-21)28(26-11-7-6-10-25(26)27(2,30)31-28)24-9-5-4-8-22(24)20-29-16-18-32-19-17-29/h4-15,30H,3,16-20H2,1-2H3. The first kappa shape index (κ1) is 21.7. The molecular weight excluding hydrogens is 414 g/mol. The number of ether oxygens (including phenoxy) is 1. The molecule has 2 atom stereocenters. The van der Waals surface area contributed by atoms with Gasteiger partial charge >= 0.3 is 0 Å². The van der Waals surface area contributed by atoms with Crippen LogP contribution in [0.15, 0.2) is 72.8 Å². The van der Waals surface area contributed by atoms with Crippen molar-refractivity contribution in [2.75, 3.05) is 24.6 Å². The molecule has 0 spiro atoms. The maximum absolute atomic E-state index is 11.4. The lowest BCUT2D eigenvalue weighted by molar-refractivity contribution is -0.225. The van der Waals surface area contributed by atoms with E-state index in [1.807, 2.05) is 30.0 Å². The van der Waals surface area contributed by atoms with Gasteiger partial charge in [-0.3, -0.25) is 4.90 Å². The summed E-state index contributed by atoms with van der Waals surface area (Å²) in [7, 11) is 0. The fourth-order valence-corrected chi connectivity index (χ4v) is 6.13. The van der Waals surface area contributed by atoms with E-state index in [-0.39, 0.29) is 0 Å². The molecule has 2 aliphatic rings. The average molecular weight is 446 g/mol. The molecule has 2 aliphatic heterocycles. The summed E-state index contributed by atoms with van der Waals surface area (Å²) in [6.07, 6.45) is 0.992. The molecule has 2 unspecified atom stereocenters. The minimum atomic E-state index is -1.37. The first-order valence-corrected chi connectivity index (χ1v) is 12.7. The minimum absolute atomic E-state index is 0.837. The van der Waals surface area contributed by atoms with Crippen LogP contribution < -0.4 is 0 Å². The van der Waals surface area contributed by atoms with E-state index in [4.69, 9.17) is 4.74 Å². The van der Waals surface area contributed by atoms with Gasteiger partial charge in [-0.25, -0.2) is 0 Å². The monoisotopic (exact) mass is 445 g/mol. The highest BCUT2D eigenvalue weighted by Gasteiger charge is 2.53. The first-order valence-electron chi connectivity index (χ1n) is 11.5. The number of benzene rings is 3. The van der Waals surface area contributed by atoms with E-state index in [0.29, 0.717) is 0 Å². The SMILES string of the molecule is CCc1ccc(C2(c3ccccc3CN3CCSCC3)OC(C)(O)c3ccccc32)cc1. The van der Waals surface area contributed by atoms with E-state index in [1.165, 1.54) is 22.6 Å². The van der Waals surface area contributed by atoms with Crippen molar-refractivity contribution >= 4 is 11.8 Å². The number of rotatable bonds is 5. The Morgan fingerprint density at radius 3 is 2.19 bits per heavy atom. The van der Waals surface area contributed by atoms with Crippen molar-refractivity contribution in [2.24, 2.45) is 0 Å². The molecule has 5 rings (SSSR count). The Bertz CT molecular complexity index is 1090. The molecule has 1 fully saturated rings. The van der Waals surface area contributed by atoms with Crippen LogP contribution >= 0.6 is 11.8 Å². The topological polar surface area (TPSA) is 32.7 Å². The molecule has 0 aliphatic carbocycles. The van der Waals surface area contributed by atoms with Gasteiger partial charge in [0.2, 0.25) is 0 Å². The largest absolute Gasteiger partial charge is 0.362 e. The molecule has 0 amide bonds. The molecule has 0 bridgehead atoms.